The number of nitrogens with one attached hydrogen (secondary N) is 2. The first kappa shape index (κ1) is 18.1. The first-order valence-electron chi connectivity index (χ1n) is 8.72. The molecule has 142 valence electrons. The number of halogens is 1. The first-order valence-corrected chi connectivity index (χ1v) is 8.72. The van der Waals surface area contributed by atoms with Crippen LogP contribution in [-0.2, 0) is 0 Å². The van der Waals surface area contributed by atoms with Gasteiger partial charge in [0.2, 0.25) is 11.9 Å². The van der Waals surface area contributed by atoms with Crippen LogP contribution in [0.3, 0.4) is 0 Å². The van der Waals surface area contributed by atoms with Crippen molar-refractivity contribution in [1.29, 1.82) is 5.26 Å². The molecule has 4 aromatic rings. The normalized spacial score (nSPS) is 10.4. The van der Waals surface area contributed by atoms with Gasteiger partial charge in [0.05, 0.1) is 17.3 Å². The minimum Gasteiger partial charge on any atom is -0.424 e. The molecular weight excluding hydrogens is 371 g/mol. The van der Waals surface area contributed by atoms with E-state index < -0.39 is 5.82 Å². The maximum absolute atomic E-state index is 14.2. The van der Waals surface area contributed by atoms with Crippen molar-refractivity contribution in [2.45, 2.75) is 0 Å². The number of aromatic nitrogens is 3. The van der Waals surface area contributed by atoms with Crippen LogP contribution in [0.25, 0.3) is 10.8 Å². The van der Waals surface area contributed by atoms with Gasteiger partial charge in [-0.3, -0.25) is 0 Å². The number of rotatable bonds is 5. The number of fused-ring (bicyclic) bond motifs is 1. The lowest BCUT2D eigenvalue weighted by Gasteiger charge is -2.10. The quantitative estimate of drug-likeness (QED) is 0.517. The van der Waals surface area contributed by atoms with Gasteiger partial charge in [-0.25, -0.2) is 4.39 Å². The number of benzene rings is 3. The van der Waals surface area contributed by atoms with Crippen molar-refractivity contribution in [2.24, 2.45) is 0 Å². The van der Waals surface area contributed by atoms with Crippen molar-refractivity contribution >= 4 is 28.4 Å². The molecule has 8 heteroatoms. The highest BCUT2D eigenvalue weighted by atomic mass is 19.1. The third-order valence-corrected chi connectivity index (χ3v) is 4.11. The van der Waals surface area contributed by atoms with Gasteiger partial charge in [0.15, 0.2) is 0 Å². The van der Waals surface area contributed by atoms with Crippen LogP contribution in [-0.4, -0.2) is 22.0 Å². The van der Waals surface area contributed by atoms with Crippen LogP contribution in [0.5, 0.6) is 11.8 Å². The zero-order valence-corrected chi connectivity index (χ0v) is 15.3. The first-order chi connectivity index (χ1) is 14.1. The van der Waals surface area contributed by atoms with Gasteiger partial charge in [0.1, 0.15) is 11.6 Å². The Labute approximate surface area is 165 Å². The van der Waals surface area contributed by atoms with Crippen LogP contribution >= 0.6 is 0 Å². The van der Waals surface area contributed by atoms with Gasteiger partial charge >= 0.3 is 6.01 Å². The third-order valence-electron chi connectivity index (χ3n) is 4.11. The predicted octanol–water partition coefficient (Wildman–Crippen LogP) is 4.61. The Balaban J connectivity index is 1.63. The fourth-order valence-electron chi connectivity index (χ4n) is 2.71. The SMILES string of the molecule is CNc1nc(Nc2ccc(C#N)cc2F)nc(Oc2ccc3ccccc3c2)n1. The summed E-state index contributed by atoms with van der Waals surface area (Å²) in [5, 5.41) is 16.6. The smallest absolute Gasteiger partial charge is 0.328 e. The summed E-state index contributed by atoms with van der Waals surface area (Å²) in [7, 11) is 1.65. The van der Waals surface area contributed by atoms with Crippen molar-refractivity contribution in [3.8, 4) is 17.8 Å². The molecule has 0 radical (unpaired) electrons. The summed E-state index contributed by atoms with van der Waals surface area (Å²) < 4.78 is 20.0. The average Bonchev–Trinajstić information content (AvgIpc) is 2.75. The van der Waals surface area contributed by atoms with E-state index in [2.05, 4.69) is 25.6 Å². The molecule has 0 atom stereocenters. The van der Waals surface area contributed by atoms with E-state index in [-0.39, 0.29) is 29.2 Å². The van der Waals surface area contributed by atoms with Crippen molar-refractivity contribution in [3.63, 3.8) is 0 Å². The molecule has 0 aliphatic rings. The lowest BCUT2D eigenvalue weighted by molar-refractivity contribution is 0.442. The van der Waals surface area contributed by atoms with Crippen LogP contribution in [0.2, 0.25) is 0 Å². The number of nitriles is 1. The lowest BCUT2D eigenvalue weighted by atomic mass is 10.1. The van der Waals surface area contributed by atoms with Gasteiger partial charge in [-0.15, -0.1) is 0 Å². The van der Waals surface area contributed by atoms with Crippen LogP contribution in [0.4, 0.5) is 22.0 Å². The monoisotopic (exact) mass is 386 g/mol. The highest BCUT2D eigenvalue weighted by molar-refractivity contribution is 5.83. The summed E-state index contributed by atoms with van der Waals surface area (Å²) in [5.41, 5.74) is 0.355. The fourth-order valence-corrected chi connectivity index (χ4v) is 2.71. The van der Waals surface area contributed by atoms with E-state index in [0.717, 1.165) is 16.8 Å². The number of nitrogens with zero attached hydrogens (tertiary/aromatic N) is 4. The summed E-state index contributed by atoms with van der Waals surface area (Å²) in [6.07, 6.45) is 0. The molecule has 0 amide bonds. The molecule has 2 N–H and O–H groups in total. The Bertz CT molecular complexity index is 1240. The highest BCUT2D eigenvalue weighted by Crippen LogP contribution is 2.26. The summed E-state index contributed by atoms with van der Waals surface area (Å²) in [6, 6.07) is 19.6. The molecular formula is C21H15FN6O. The van der Waals surface area contributed by atoms with Crippen molar-refractivity contribution in [3.05, 3.63) is 72.0 Å². The zero-order chi connectivity index (χ0) is 20.2. The average molecular weight is 386 g/mol. The maximum atomic E-state index is 14.2. The molecule has 0 saturated carbocycles. The Kier molecular flexibility index (Phi) is 4.86. The number of ether oxygens (including phenoxy) is 1. The minimum absolute atomic E-state index is 0.0520. The molecule has 1 aromatic heterocycles. The Morgan fingerprint density at radius 2 is 1.72 bits per heavy atom. The van der Waals surface area contributed by atoms with E-state index in [0.29, 0.717) is 5.75 Å². The molecule has 29 heavy (non-hydrogen) atoms. The maximum Gasteiger partial charge on any atom is 0.328 e. The highest BCUT2D eigenvalue weighted by Gasteiger charge is 2.11. The van der Waals surface area contributed by atoms with E-state index in [1.54, 1.807) is 7.05 Å². The molecule has 0 spiro atoms. The number of hydrogen-bond donors (Lipinski definition) is 2. The summed E-state index contributed by atoms with van der Waals surface area (Å²) >= 11 is 0. The predicted molar refractivity (Wildman–Crippen MR) is 108 cm³/mol. The van der Waals surface area contributed by atoms with Gasteiger partial charge in [0, 0.05) is 7.05 Å². The van der Waals surface area contributed by atoms with Gasteiger partial charge in [-0.05, 0) is 41.1 Å². The minimum atomic E-state index is -0.590. The third kappa shape index (κ3) is 4.04. The molecule has 3 aromatic carbocycles. The second-order valence-corrected chi connectivity index (χ2v) is 6.06. The molecule has 0 unspecified atom stereocenters. The van der Waals surface area contributed by atoms with Crippen molar-refractivity contribution < 1.29 is 9.13 Å². The summed E-state index contributed by atoms with van der Waals surface area (Å²) in [6.45, 7) is 0. The van der Waals surface area contributed by atoms with E-state index in [1.165, 1.54) is 12.1 Å². The largest absolute Gasteiger partial charge is 0.424 e. The van der Waals surface area contributed by atoms with Crippen LogP contribution in [0, 0.1) is 17.1 Å². The van der Waals surface area contributed by atoms with E-state index in [9.17, 15) is 4.39 Å². The van der Waals surface area contributed by atoms with E-state index in [4.69, 9.17) is 10.00 Å². The van der Waals surface area contributed by atoms with Crippen LogP contribution in [0.1, 0.15) is 5.56 Å². The molecule has 7 nitrogen and oxygen atoms in total. The van der Waals surface area contributed by atoms with Gasteiger partial charge in [-0.2, -0.15) is 20.2 Å². The van der Waals surface area contributed by atoms with Gasteiger partial charge in [0.25, 0.3) is 0 Å². The van der Waals surface area contributed by atoms with Crippen LogP contribution in [0.15, 0.2) is 60.7 Å². The lowest BCUT2D eigenvalue weighted by Crippen LogP contribution is -2.06. The molecule has 1 heterocycles. The molecule has 0 saturated heterocycles. The summed E-state index contributed by atoms with van der Waals surface area (Å²) in [4.78, 5) is 12.6. The summed E-state index contributed by atoms with van der Waals surface area (Å²) in [5.74, 6) is 0.330. The second kappa shape index (κ2) is 7.78. The molecule has 0 bridgehead atoms. The van der Waals surface area contributed by atoms with Gasteiger partial charge < -0.3 is 15.4 Å². The Morgan fingerprint density at radius 1 is 0.931 bits per heavy atom. The standard InChI is InChI=1S/C21H15FN6O/c1-24-19-26-20(25-18-9-6-13(12-23)10-17(18)22)28-21(27-19)29-16-8-7-14-4-2-3-5-15(14)11-16/h2-11H,1H3,(H2,24,25,26,27,28). The second-order valence-electron chi connectivity index (χ2n) is 6.06. The van der Waals surface area contributed by atoms with Gasteiger partial charge in [-0.1, -0.05) is 30.3 Å². The topological polar surface area (TPSA) is 95.8 Å². The number of anilines is 3. The molecule has 0 aliphatic carbocycles. The van der Waals surface area contributed by atoms with E-state index in [1.807, 2.05) is 48.5 Å². The zero-order valence-electron chi connectivity index (χ0n) is 15.3. The molecule has 4 rings (SSSR count). The van der Waals surface area contributed by atoms with Crippen molar-refractivity contribution in [2.75, 3.05) is 17.7 Å². The molecule has 0 aliphatic heterocycles. The Morgan fingerprint density at radius 3 is 2.48 bits per heavy atom. The fraction of sp³-hybridized carbons (Fsp3) is 0.0476. The van der Waals surface area contributed by atoms with Crippen LogP contribution < -0.4 is 15.4 Å². The van der Waals surface area contributed by atoms with Crippen molar-refractivity contribution in [1.82, 2.24) is 15.0 Å². The van der Waals surface area contributed by atoms with E-state index >= 15 is 0 Å². The Hall–Kier alpha value is -4.25. The number of hydrogen-bond acceptors (Lipinski definition) is 7. The molecule has 0 fully saturated rings.